The first-order chi connectivity index (χ1) is 9.13. The molecule has 1 fully saturated rings. The third-order valence-corrected chi connectivity index (χ3v) is 3.76. The van der Waals surface area contributed by atoms with Crippen molar-refractivity contribution in [3.05, 3.63) is 38.9 Å². The van der Waals surface area contributed by atoms with E-state index in [9.17, 15) is 10.1 Å². The molecule has 1 saturated heterocycles. The zero-order valence-corrected chi connectivity index (χ0v) is 14.1. The minimum absolute atomic E-state index is 0. The van der Waals surface area contributed by atoms with Crippen LogP contribution in [0.3, 0.4) is 0 Å². The number of nitrogens with one attached hydrogen (secondary N) is 1. The van der Waals surface area contributed by atoms with E-state index in [1.54, 1.807) is 12.1 Å². The van der Waals surface area contributed by atoms with Gasteiger partial charge in [0.05, 0.1) is 4.92 Å². The minimum Gasteiger partial charge on any atom is -0.314 e. The number of nitro benzene ring substituents is 1. The Labute approximate surface area is 142 Å². The largest absolute Gasteiger partial charge is 0.314 e. The Balaban J connectivity index is 0.00000200. The summed E-state index contributed by atoms with van der Waals surface area (Å²) in [6.45, 7) is 5.71. The number of nitrogens with zero attached hydrogens (tertiary/aromatic N) is 2. The third-order valence-electron chi connectivity index (χ3n) is 3.52. The van der Waals surface area contributed by atoms with E-state index in [1.807, 2.05) is 0 Å². The zero-order chi connectivity index (χ0) is 13.8. The molecule has 0 aromatic heterocycles. The van der Waals surface area contributed by atoms with Crippen LogP contribution in [-0.4, -0.2) is 36.0 Å². The predicted octanol–water partition coefficient (Wildman–Crippen LogP) is 3.45. The van der Waals surface area contributed by atoms with Crippen molar-refractivity contribution < 1.29 is 4.92 Å². The molecule has 0 unspecified atom stereocenters. The first-order valence-corrected chi connectivity index (χ1v) is 6.90. The number of rotatable bonds is 4. The lowest BCUT2D eigenvalue weighted by molar-refractivity contribution is -0.386. The molecule has 1 atom stereocenters. The Morgan fingerprint density at radius 1 is 1.38 bits per heavy atom. The summed E-state index contributed by atoms with van der Waals surface area (Å²) in [7, 11) is 0. The molecule has 1 aliphatic heterocycles. The first kappa shape index (κ1) is 20.4. The van der Waals surface area contributed by atoms with Crippen molar-refractivity contribution in [3.63, 3.8) is 0 Å². The molecule has 0 bridgehead atoms. The van der Waals surface area contributed by atoms with E-state index in [0.29, 0.717) is 5.02 Å². The fourth-order valence-electron chi connectivity index (χ4n) is 2.63. The summed E-state index contributed by atoms with van der Waals surface area (Å²) in [5, 5.41) is 15.0. The van der Waals surface area contributed by atoms with Crippen LogP contribution < -0.4 is 5.32 Å². The highest BCUT2D eigenvalue weighted by Gasteiger charge is 2.27. The SMILES string of the molecule is CC[C@H](c1cc(Cl)ccc1[N+](=O)[O-])N1CCNCC1.Cl.Cl. The molecule has 0 radical (unpaired) electrons. The van der Waals surface area contributed by atoms with E-state index >= 15 is 0 Å². The van der Waals surface area contributed by atoms with Gasteiger partial charge < -0.3 is 5.32 Å². The van der Waals surface area contributed by atoms with Crippen molar-refractivity contribution in [2.75, 3.05) is 26.2 Å². The van der Waals surface area contributed by atoms with Crippen LogP contribution in [0, 0.1) is 10.1 Å². The van der Waals surface area contributed by atoms with Gasteiger partial charge in [-0.3, -0.25) is 15.0 Å². The molecule has 0 saturated carbocycles. The lowest BCUT2D eigenvalue weighted by atomic mass is 10.00. The van der Waals surface area contributed by atoms with E-state index in [2.05, 4.69) is 17.1 Å². The number of hydrogen-bond donors (Lipinski definition) is 1. The van der Waals surface area contributed by atoms with Gasteiger partial charge in [-0.15, -0.1) is 24.8 Å². The number of hydrogen-bond acceptors (Lipinski definition) is 4. The second kappa shape index (κ2) is 9.43. The highest BCUT2D eigenvalue weighted by atomic mass is 35.5. The highest BCUT2D eigenvalue weighted by molar-refractivity contribution is 6.30. The lowest BCUT2D eigenvalue weighted by Crippen LogP contribution is -2.45. The second-order valence-electron chi connectivity index (χ2n) is 4.67. The van der Waals surface area contributed by atoms with Crippen molar-refractivity contribution in [3.8, 4) is 0 Å². The van der Waals surface area contributed by atoms with Crippen LogP contribution in [0.2, 0.25) is 5.02 Å². The van der Waals surface area contributed by atoms with Gasteiger partial charge in [0.15, 0.2) is 0 Å². The van der Waals surface area contributed by atoms with Crippen LogP contribution in [0.1, 0.15) is 24.9 Å². The molecular formula is C13H20Cl3N3O2. The summed E-state index contributed by atoms with van der Waals surface area (Å²) in [5.74, 6) is 0. The Morgan fingerprint density at radius 2 is 2.00 bits per heavy atom. The molecule has 1 N–H and O–H groups in total. The normalized spacial score (nSPS) is 16.5. The van der Waals surface area contributed by atoms with Gasteiger partial charge in [0.25, 0.3) is 5.69 Å². The molecule has 0 amide bonds. The molecule has 8 heteroatoms. The van der Waals surface area contributed by atoms with Gasteiger partial charge in [-0.2, -0.15) is 0 Å². The molecule has 2 rings (SSSR count). The maximum atomic E-state index is 11.2. The maximum Gasteiger partial charge on any atom is 0.274 e. The Kier molecular flexibility index (Phi) is 9.17. The molecule has 0 spiro atoms. The van der Waals surface area contributed by atoms with Gasteiger partial charge in [0.2, 0.25) is 0 Å². The van der Waals surface area contributed by atoms with Crippen LogP contribution in [0.4, 0.5) is 5.69 Å². The van der Waals surface area contributed by atoms with Gasteiger partial charge in [-0.25, -0.2) is 0 Å². The Hall–Kier alpha value is -0.590. The molecule has 120 valence electrons. The smallest absolute Gasteiger partial charge is 0.274 e. The Morgan fingerprint density at radius 3 is 2.52 bits per heavy atom. The Bertz CT molecular complexity index is 468. The van der Waals surface area contributed by atoms with Crippen LogP contribution >= 0.6 is 36.4 Å². The van der Waals surface area contributed by atoms with E-state index in [4.69, 9.17) is 11.6 Å². The summed E-state index contributed by atoms with van der Waals surface area (Å²) in [4.78, 5) is 13.1. The van der Waals surface area contributed by atoms with Crippen LogP contribution in [-0.2, 0) is 0 Å². The first-order valence-electron chi connectivity index (χ1n) is 6.52. The zero-order valence-electron chi connectivity index (χ0n) is 11.8. The van der Waals surface area contributed by atoms with Crippen molar-refractivity contribution in [1.29, 1.82) is 0 Å². The molecule has 21 heavy (non-hydrogen) atoms. The topological polar surface area (TPSA) is 58.4 Å². The van der Waals surface area contributed by atoms with Crippen LogP contribution in [0.15, 0.2) is 18.2 Å². The summed E-state index contributed by atoms with van der Waals surface area (Å²) in [5.41, 5.74) is 0.886. The van der Waals surface area contributed by atoms with E-state index < -0.39 is 0 Å². The van der Waals surface area contributed by atoms with Crippen molar-refractivity contribution in [2.24, 2.45) is 0 Å². The fraction of sp³-hybridized carbons (Fsp3) is 0.538. The van der Waals surface area contributed by atoms with E-state index in [0.717, 1.165) is 38.2 Å². The monoisotopic (exact) mass is 355 g/mol. The summed E-state index contributed by atoms with van der Waals surface area (Å²) >= 11 is 6.01. The second-order valence-corrected chi connectivity index (χ2v) is 5.11. The van der Waals surface area contributed by atoms with Gasteiger partial charge in [0, 0.05) is 48.9 Å². The number of halogens is 3. The van der Waals surface area contributed by atoms with Crippen molar-refractivity contribution in [1.82, 2.24) is 10.2 Å². The van der Waals surface area contributed by atoms with Gasteiger partial charge in [-0.05, 0) is 18.6 Å². The van der Waals surface area contributed by atoms with E-state index in [-0.39, 0.29) is 41.5 Å². The average molecular weight is 357 g/mol. The molecule has 1 aromatic rings. The van der Waals surface area contributed by atoms with Gasteiger partial charge in [-0.1, -0.05) is 18.5 Å². The molecule has 5 nitrogen and oxygen atoms in total. The molecule has 1 aliphatic rings. The standard InChI is InChI=1S/C13H18ClN3O2.2ClH/c1-2-12(16-7-5-15-6-8-16)11-9-10(14)3-4-13(11)17(18)19;;/h3-4,9,12,15H,2,5-8H2,1H3;2*1H/t12-;;/m1../s1. The minimum atomic E-state index is -0.323. The van der Waals surface area contributed by atoms with Crippen molar-refractivity contribution >= 4 is 42.1 Å². The summed E-state index contributed by atoms with van der Waals surface area (Å²) < 4.78 is 0. The van der Waals surface area contributed by atoms with E-state index in [1.165, 1.54) is 6.07 Å². The molecule has 1 aromatic carbocycles. The number of piperazine rings is 1. The lowest BCUT2D eigenvalue weighted by Gasteiger charge is -2.34. The molecule has 1 heterocycles. The quantitative estimate of drug-likeness (QED) is 0.663. The third kappa shape index (κ3) is 4.97. The number of benzene rings is 1. The fourth-order valence-corrected chi connectivity index (χ4v) is 2.81. The summed E-state index contributed by atoms with van der Waals surface area (Å²) in [6, 6.07) is 4.87. The van der Waals surface area contributed by atoms with Gasteiger partial charge in [0.1, 0.15) is 0 Å². The maximum absolute atomic E-state index is 11.2. The molecule has 0 aliphatic carbocycles. The van der Waals surface area contributed by atoms with Crippen LogP contribution in [0.5, 0.6) is 0 Å². The predicted molar refractivity (Wildman–Crippen MR) is 90.1 cm³/mol. The molecular weight excluding hydrogens is 337 g/mol. The highest BCUT2D eigenvalue weighted by Crippen LogP contribution is 2.33. The van der Waals surface area contributed by atoms with Gasteiger partial charge >= 0.3 is 0 Å². The number of nitro groups is 1. The van der Waals surface area contributed by atoms with Crippen LogP contribution in [0.25, 0.3) is 0 Å². The van der Waals surface area contributed by atoms with Crippen molar-refractivity contribution in [2.45, 2.75) is 19.4 Å². The average Bonchev–Trinajstić information content (AvgIpc) is 2.40. The summed E-state index contributed by atoms with van der Waals surface area (Å²) in [6.07, 6.45) is 0.835.